The maximum Gasteiger partial charge on any atom is 0.410 e. The number of carbonyl (C=O) groups is 1. The van der Waals surface area contributed by atoms with Crippen LogP contribution in [0.25, 0.3) is 0 Å². The first-order chi connectivity index (χ1) is 6.15. The number of aliphatic hydroxyl groups excluding tert-OH is 2. The molecule has 0 aromatic carbocycles. The van der Waals surface area contributed by atoms with E-state index in [0.717, 1.165) is 0 Å². The van der Waals surface area contributed by atoms with Gasteiger partial charge in [0.05, 0.1) is 25.3 Å². The van der Waals surface area contributed by atoms with Gasteiger partial charge in [0, 0.05) is 0 Å². The first-order valence-corrected chi connectivity index (χ1v) is 4.04. The first kappa shape index (κ1) is 10.0. The fourth-order valence-electron chi connectivity index (χ4n) is 1.14. The van der Waals surface area contributed by atoms with E-state index in [2.05, 4.69) is 6.58 Å². The van der Waals surface area contributed by atoms with Crippen molar-refractivity contribution in [2.75, 3.05) is 19.7 Å². The molecule has 0 aliphatic carbocycles. The first-order valence-electron chi connectivity index (χ1n) is 4.04. The summed E-state index contributed by atoms with van der Waals surface area (Å²) in [6, 6.07) is 0. The molecule has 1 heterocycles. The molecule has 0 aromatic rings. The Morgan fingerprint density at radius 2 is 2.08 bits per heavy atom. The van der Waals surface area contributed by atoms with Crippen LogP contribution in [-0.4, -0.2) is 53.1 Å². The van der Waals surface area contributed by atoms with Crippen molar-refractivity contribution < 1.29 is 19.7 Å². The van der Waals surface area contributed by atoms with Crippen molar-refractivity contribution in [3.63, 3.8) is 0 Å². The summed E-state index contributed by atoms with van der Waals surface area (Å²) < 4.78 is 4.72. The Balaban J connectivity index is 2.37. The lowest BCUT2D eigenvalue weighted by molar-refractivity contribution is 0.0572. The highest BCUT2D eigenvalue weighted by Crippen LogP contribution is 2.10. The second kappa shape index (κ2) is 4.25. The Morgan fingerprint density at radius 3 is 2.54 bits per heavy atom. The molecule has 0 aromatic heterocycles. The summed E-state index contributed by atoms with van der Waals surface area (Å²) in [6.45, 7) is 3.78. The van der Waals surface area contributed by atoms with Crippen LogP contribution in [0.15, 0.2) is 12.7 Å². The molecule has 1 aliphatic heterocycles. The molecule has 13 heavy (non-hydrogen) atoms. The Kier molecular flexibility index (Phi) is 3.27. The summed E-state index contributed by atoms with van der Waals surface area (Å²) in [7, 11) is 0. The van der Waals surface area contributed by atoms with E-state index in [1.165, 1.54) is 11.0 Å². The van der Waals surface area contributed by atoms with Crippen molar-refractivity contribution in [1.82, 2.24) is 4.90 Å². The van der Waals surface area contributed by atoms with Crippen LogP contribution in [0.5, 0.6) is 0 Å². The number of hydrogen-bond donors (Lipinski definition) is 2. The number of rotatable bonds is 2. The van der Waals surface area contributed by atoms with Crippen molar-refractivity contribution >= 4 is 6.09 Å². The molecule has 1 aliphatic rings. The molecule has 2 atom stereocenters. The topological polar surface area (TPSA) is 70.0 Å². The largest absolute Gasteiger partial charge is 0.445 e. The summed E-state index contributed by atoms with van der Waals surface area (Å²) in [4.78, 5) is 12.4. The predicted molar refractivity (Wildman–Crippen MR) is 45.1 cm³/mol. The lowest BCUT2D eigenvalue weighted by Gasteiger charge is -2.13. The zero-order valence-electron chi connectivity index (χ0n) is 7.22. The van der Waals surface area contributed by atoms with E-state index in [0.29, 0.717) is 0 Å². The standard InChI is InChI=1S/C8H13NO4/c1-2-3-13-8(12)9-4-6(10)7(11)5-9/h2,6-7,10-11H,1,3-5H2. The average Bonchev–Trinajstić information content (AvgIpc) is 2.43. The van der Waals surface area contributed by atoms with Gasteiger partial charge in [0.25, 0.3) is 0 Å². The van der Waals surface area contributed by atoms with E-state index >= 15 is 0 Å². The van der Waals surface area contributed by atoms with Crippen LogP contribution in [0.3, 0.4) is 0 Å². The number of amides is 1. The van der Waals surface area contributed by atoms with Gasteiger partial charge in [-0.25, -0.2) is 4.79 Å². The van der Waals surface area contributed by atoms with E-state index in [-0.39, 0.29) is 19.7 Å². The van der Waals surface area contributed by atoms with Gasteiger partial charge in [-0.3, -0.25) is 0 Å². The average molecular weight is 187 g/mol. The summed E-state index contributed by atoms with van der Waals surface area (Å²) in [5, 5.41) is 18.2. The highest BCUT2D eigenvalue weighted by molar-refractivity contribution is 5.68. The number of β-amino-alcohol motifs (C(OH)–C–C–N with tert-alkyl or cyclic N) is 2. The third-order valence-electron chi connectivity index (χ3n) is 1.84. The Morgan fingerprint density at radius 1 is 1.54 bits per heavy atom. The van der Waals surface area contributed by atoms with Gasteiger partial charge >= 0.3 is 6.09 Å². The van der Waals surface area contributed by atoms with Crippen molar-refractivity contribution in [1.29, 1.82) is 0 Å². The third-order valence-corrected chi connectivity index (χ3v) is 1.84. The normalized spacial score (nSPS) is 27.4. The second-order valence-corrected chi connectivity index (χ2v) is 2.91. The predicted octanol–water partition coefficient (Wildman–Crippen LogP) is -0.654. The number of hydrogen-bond acceptors (Lipinski definition) is 4. The van der Waals surface area contributed by atoms with Gasteiger partial charge in [-0.05, 0) is 0 Å². The summed E-state index contributed by atoms with van der Waals surface area (Å²) in [5.74, 6) is 0. The Labute approximate surface area is 76.2 Å². The fourth-order valence-corrected chi connectivity index (χ4v) is 1.14. The van der Waals surface area contributed by atoms with Crippen molar-refractivity contribution in [3.8, 4) is 0 Å². The van der Waals surface area contributed by atoms with E-state index in [4.69, 9.17) is 14.9 Å². The van der Waals surface area contributed by atoms with Crippen LogP contribution in [0.1, 0.15) is 0 Å². The Bertz CT molecular complexity index is 196. The molecular formula is C8H13NO4. The van der Waals surface area contributed by atoms with Gasteiger partial charge < -0.3 is 19.8 Å². The number of nitrogens with zero attached hydrogens (tertiary/aromatic N) is 1. The molecule has 0 spiro atoms. The second-order valence-electron chi connectivity index (χ2n) is 2.91. The Hall–Kier alpha value is -1.07. The molecule has 0 bridgehead atoms. The highest BCUT2D eigenvalue weighted by Gasteiger charge is 2.33. The molecule has 2 N–H and O–H groups in total. The molecule has 74 valence electrons. The SMILES string of the molecule is C=CCOC(=O)N1CC(O)C(O)C1. The van der Waals surface area contributed by atoms with Crippen molar-refractivity contribution in [2.45, 2.75) is 12.2 Å². The van der Waals surface area contributed by atoms with Crippen LogP contribution in [0.4, 0.5) is 4.79 Å². The smallest absolute Gasteiger partial charge is 0.410 e. The van der Waals surface area contributed by atoms with Crippen molar-refractivity contribution in [3.05, 3.63) is 12.7 Å². The lowest BCUT2D eigenvalue weighted by Crippen LogP contribution is -2.30. The molecule has 1 rings (SSSR count). The van der Waals surface area contributed by atoms with Crippen LogP contribution < -0.4 is 0 Å². The quantitative estimate of drug-likeness (QED) is 0.563. The van der Waals surface area contributed by atoms with Gasteiger partial charge in [-0.15, -0.1) is 0 Å². The minimum absolute atomic E-state index is 0.122. The molecule has 5 heteroatoms. The van der Waals surface area contributed by atoms with E-state index < -0.39 is 18.3 Å². The zero-order valence-corrected chi connectivity index (χ0v) is 7.22. The minimum Gasteiger partial charge on any atom is -0.445 e. The van der Waals surface area contributed by atoms with E-state index in [1.54, 1.807) is 0 Å². The third kappa shape index (κ3) is 2.43. The summed E-state index contributed by atoms with van der Waals surface area (Å²) >= 11 is 0. The van der Waals surface area contributed by atoms with Crippen molar-refractivity contribution in [2.24, 2.45) is 0 Å². The van der Waals surface area contributed by atoms with Crippen LogP contribution in [0, 0.1) is 0 Å². The molecule has 0 saturated carbocycles. The number of carbonyl (C=O) groups excluding carboxylic acids is 1. The molecule has 1 amide bonds. The molecular weight excluding hydrogens is 174 g/mol. The maximum atomic E-state index is 11.1. The maximum absolute atomic E-state index is 11.1. The minimum atomic E-state index is -0.865. The lowest BCUT2D eigenvalue weighted by atomic mass is 10.3. The summed E-state index contributed by atoms with van der Waals surface area (Å²) in [6.07, 6.45) is -0.802. The van der Waals surface area contributed by atoms with Gasteiger partial charge in [0.15, 0.2) is 0 Å². The summed E-state index contributed by atoms with van der Waals surface area (Å²) in [5.41, 5.74) is 0. The molecule has 0 radical (unpaired) electrons. The monoisotopic (exact) mass is 187 g/mol. The number of ether oxygens (including phenoxy) is 1. The molecule has 1 fully saturated rings. The van der Waals surface area contributed by atoms with E-state index in [1.807, 2.05) is 0 Å². The van der Waals surface area contributed by atoms with Gasteiger partial charge in [-0.1, -0.05) is 12.7 Å². The number of likely N-dealkylation sites (tertiary alicyclic amines) is 1. The van der Waals surface area contributed by atoms with Gasteiger partial charge in [-0.2, -0.15) is 0 Å². The van der Waals surface area contributed by atoms with E-state index in [9.17, 15) is 4.79 Å². The number of aliphatic hydroxyl groups is 2. The van der Waals surface area contributed by atoms with Gasteiger partial charge in [0.2, 0.25) is 0 Å². The van der Waals surface area contributed by atoms with Crippen LogP contribution >= 0.6 is 0 Å². The zero-order chi connectivity index (χ0) is 9.84. The fraction of sp³-hybridized carbons (Fsp3) is 0.625. The van der Waals surface area contributed by atoms with Crippen LogP contribution in [-0.2, 0) is 4.74 Å². The highest BCUT2D eigenvalue weighted by atomic mass is 16.6. The van der Waals surface area contributed by atoms with Crippen LogP contribution in [0.2, 0.25) is 0 Å². The molecule has 2 unspecified atom stereocenters. The van der Waals surface area contributed by atoms with Gasteiger partial charge in [0.1, 0.15) is 6.61 Å². The molecule has 1 saturated heterocycles. The molecule has 5 nitrogen and oxygen atoms in total.